The Hall–Kier alpha value is -0.870. The number of carbonyl (C=O) groups is 1. The van der Waals surface area contributed by atoms with Crippen molar-refractivity contribution in [1.29, 1.82) is 0 Å². The Balaban J connectivity index is 2.82. The largest absolute Gasteiger partial charge is 0.469 e. The lowest BCUT2D eigenvalue weighted by Gasteiger charge is -2.12. The first kappa shape index (κ1) is 12.2. The molecule has 0 aliphatic heterocycles. The summed E-state index contributed by atoms with van der Waals surface area (Å²) in [7, 11) is 1.31. The minimum Gasteiger partial charge on any atom is -0.469 e. The number of aliphatic hydroxyl groups is 1. The molecule has 0 fully saturated rings. The minimum absolute atomic E-state index is 0.0149. The molecule has 1 rings (SSSR count). The summed E-state index contributed by atoms with van der Waals surface area (Å²) in [6, 6.07) is 5.53. The average molecular weight is 273 g/mol. The van der Waals surface area contributed by atoms with Gasteiger partial charge in [0.15, 0.2) is 0 Å². The Labute approximate surface area is 97.2 Å². The smallest absolute Gasteiger partial charge is 0.308 e. The Morgan fingerprint density at radius 3 is 2.80 bits per heavy atom. The van der Waals surface area contributed by atoms with Crippen molar-refractivity contribution < 1.29 is 14.6 Å². The molecular weight excluding hydrogens is 260 g/mol. The van der Waals surface area contributed by atoms with E-state index < -0.39 is 12.1 Å². The van der Waals surface area contributed by atoms with Crippen molar-refractivity contribution in [3.05, 3.63) is 33.8 Å². The van der Waals surface area contributed by atoms with E-state index in [9.17, 15) is 9.90 Å². The van der Waals surface area contributed by atoms with Crippen LogP contribution in [0.15, 0.2) is 22.7 Å². The lowest BCUT2D eigenvalue weighted by molar-refractivity contribution is -0.142. The molecule has 0 aliphatic carbocycles. The number of benzene rings is 1. The van der Waals surface area contributed by atoms with E-state index >= 15 is 0 Å². The quantitative estimate of drug-likeness (QED) is 0.860. The van der Waals surface area contributed by atoms with Crippen molar-refractivity contribution in [3.63, 3.8) is 0 Å². The van der Waals surface area contributed by atoms with Crippen molar-refractivity contribution in [2.45, 2.75) is 19.4 Å². The molecule has 1 N–H and O–H groups in total. The summed E-state index contributed by atoms with van der Waals surface area (Å²) in [5.74, 6) is -0.412. The molecule has 0 saturated carbocycles. The van der Waals surface area contributed by atoms with Crippen LogP contribution in [0.5, 0.6) is 0 Å². The summed E-state index contributed by atoms with van der Waals surface area (Å²) in [6.07, 6.45) is -0.815. The summed E-state index contributed by atoms with van der Waals surface area (Å²) < 4.78 is 5.45. The van der Waals surface area contributed by atoms with Crippen LogP contribution in [-0.4, -0.2) is 18.2 Å². The van der Waals surface area contributed by atoms with E-state index in [1.165, 1.54) is 7.11 Å². The van der Waals surface area contributed by atoms with Gasteiger partial charge in [-0.25, -0.2) is 0 Å². The Morgan fingerprint density at radius 2 is 2.27 bits per heavy atom. The molecule has 0 heterocycles. The highest BCUT2D eigenvalue weighted by Crippen LogP contribution is 2.23. The van der Waals surface area contributed by atoms with Crippen LogP contribution >= 0.6 is 15.9 Å². The van der Waals surface area contributed by atoms with Gasteiger partial charge in [0.2, 0.25) is 0 Å². The molecule has 1 aromatic rings. The van der Waals surface area contributed by atoms with Gasteiger partial charge in [-0.05, 0) is 30.2 Å². The van der Waals surface area contributed by atoms with Gasteiger partial charge in [-0.1, -0.05) is 22.0 Å². The fourth-order valence-electron chi connectivity index (χ4n) is 1.36. The molecule has 4 heteroatoms. The van der Waals surface area contributed by atoms with Gasteiger partial charge < -0.3 is 9.84 Å². The highest BCUT2D eigenvalue weighted by molar-refractivity contribution is 9.10. The number of halogens is 1. The van der Waals surface area contributed by atoms with Gasteiger partial charge in [0.25, 0.3) is 0 Å². The summed E-state index contributed by atoms with van der Waals surface area (Å²) in [4.78, 5) is 11.0. The number of rotatable bonds is 3. The van der Waals surface area contributed by atoms with Gasteiger partial charge in [-0.15, -0.1) is 0 Å². The number of carbonyl (C=O) groups excluding carboxylic acids is 1. The van der Waals surface area contributed by atoms with E-state index in [4.69, 9.17) is 0 Å². The summed E-state index contributed by atoms with van der Waals surface area (Å²) in [5, 5.41) is 9.78. The number of hydrogen-bond acceptors (Lipinski definition) is 3. The highest BCUT2D eigenvalue weighted by Gasteiger charge is 2.15. The van der Waals surface area contributed by atoms with Crippen molar-refractivity contribution in [2.75, 3.05) is 7.11 Å². The number of esters is 1. The molecule has 1 aromatic carbocycles. The molecule has 0 aliphatic rings. The van der Waals surface area contributed by atoms with Gasteiger partial charge >= 0.3 is 5.97 Å². The van der Waals surface area contributed by atoms with E-state index in [0.29, 0.717) is 0 Å². The molecule has 82 valence electrons. The zero-order valence-corrected chi connectivity index (χ0v) is 10.2. The SMILES string of the molecule is COC(=O)CC(O)c1ccc(Br)cc1C. The van der Waals surface area contributed by atoms with E-state index in [1.807, 2.05) is 19.1 Å². The van der Waals surface area contributed by atoms with Crippen LogP contribution in [0.25, 0.3) is 0 Å². The van der Waals surface area contributed by atoms with Gasteiger partial charge in [-0.3, -0.25) is 4.79 Å². The van der Waals surface area contributed by atoms with E-state index in [0.717, 1.165) is 15.6 Å². The minimum atomic E-state index is -0.800. The standard InChI is InChI=1S/C11H13BrO3/c1-7-5-8(12)3-4-9(7)10(13)6-11(14)15-2/h3-5,10,13H,6H2,1-2H3. The topological polar surface area (TPSA) is 46.5 Å². The van der Waals surface area contributed by atoms with Crippen LogP contribution in [0.3, 0.4) is 0 Å². The number of methoxy groups -OCH3 is 1. The molecule has 0 amide bonds. The van der Waals surface area contributed by atoms with Gasteiger partial charge in [0.05, 0.1) is 19.6 Å². The molecule has 0 radical (unpaired) electrons. The van der Waals surface area contributed by atoms with Gasteiger partial charge in [0, 0.05) is 4.47 Å². The van der Waals surface area contributed by atoms with Crippen molar-refractivity contribution in [1.82, 2.24) is 0 Å². The second-order valence-electron chi connectivity index (χ2n) is 3.30. The van der Waals surface area contributed by atoms with Gasteiger partial charge in [-0.2, -0.15) is 0 Å². The molecule has 0 spiro atoms. The van der Waals surface area contributed by atoms with Crippen LogP contribution in [0.2, 0.25) is 0 Å². The van der Waals surface area contributed by atoms with E-state index in [-0.39, 0.29) is 6.42 Å². The third kappa shape index (κ3) is 3.32. The second-order valence-corrected chi connectivity index (χ2v) is 4.21. The third-order valence-electron chi connectivity index (χ3n) is 2.18. The van der Waals surface area contributed by atoms with E-state index in [2.05, 4.69) is 20.7 Å². The van der Waals surface area contributed by atoms with Crippen LogP contribution < -0.4 is 0 Å². The molecule has 0 saturated heterocycles. The van der Waals surface area contributed by atoms with Crippen LogP contribution in [0.4, 0.5) is 0 Å². The number of hydrogen-bond donors (Lipinski definition) is 1. The lowest BCUT2D eigenvalue weighted by atomic mass is 10.0. The maximum Gasteiger partial charge on any atom is 0.308 e. The van der Waals surface area contributed by atoms with Crippen LogP contribution in [0.1, 0.15) is 23.7 Å². The predicted molar refractivity (Wildman–Crippen MR) is 60.5 cm³/mol. The van der Waals surface area contributed by atoms with Crippen LogP contribution in [-0.2, 0) is 9.53 Å². The highest BCUT2D eigenvalue weighted by atomic mass is 79.9. The fraction of sp³-hybridized carbons (Fsp3) is 0.364. The summed E-state index contributed by atoms with van der Waals surface area (Å²) >= 11 is 3.34. The summed E-state index contributed by atoms with van der Waals surface area (Å²) in [5.41, 5.74) is 1.70. The monoisotopic (exact) mass is 272 g/mol. The van der Waals surface area contributed by atoms with Crippen molar-refractivity contribution in [3.8, 4) is 0 Å². The zero-order valence-electron chi connectivity index (χ0n) is 8.66. The first-order chi connectivity index (χ1) is 7.04. The lowest BCUT2D eigenvalue weighted by Crippen LogP contribution is -2.09. The second kappa shape index (κ2) is 5.28. The molecule has 1 atom stereocenters. The maximum atomic E-state index is 11.0. The maximum absolute atomic E-state index is 11.0. The molecular formula is C11H13BrO3. The molecule has 0 aromatic heterocycles. The van der Waals surface area contributed by atoms with Crippen LogP contribution in [0, 0.1) is 6.92 Å². The average Bonchev–Trinajstić information content (AvgIpc) is 2.17. The Kier molecular flexibility index (Phi) is 4.29. The molecule has 3 nitrogen and oxygen atoms in total. The Morgan fingerprint density at radius 1 is 1.60 bits per heavy atom. The zero-order chi connectivity index (χ0) is 11.4. The van der Waals surface area contributed by atoms with Crippen molar-refractivity contribution in [2.24, 2.45) is 0 Å². The predicted octanol–water partition coefficient (Wildman–Crippen LogP) is 2.35. The Bertz CT molecular complexity index is 363. The fourth-order valence-corrected chi connectivity index (χ4v) is 1.84. The number of aryl methyl sites for hydroxylation is 1. The van der Waals surface area contributed by atoms with Gasteiger partial charge in [0.1, 0.15) is 0 Å². The molecule has 0 bridgehead atoms. The third-order valence-corrected chi connectivity index (χ3v) is 2.67. The number of aliphatic hydroxyl groups excluding tert-OH is 1. The van der Waals surface area contributed by atoms with E-state index in [1.54, 1.807) is 6.07 Å². The summed E-state index contributed by atoms with van der Waals surface area (Å²) in [6.45, 7) is 1.89. The molecule has 1 unspecified atom stereocenters. The first-order valence-electron chi connectivity index (χ1n) is 4.55. The number of ether oxygens (including phenoxy) is 1. The van der Waals surface area contributed by atoms with Crippen molar-refractivity contribution >= 4 is 21.9 Å². The normalized spacial score (nSPS) is 12.3. The first-order valence-corrected chi connectivity index (χ1v) is 5.35. The molecule has 15 heavy (non-hydrogen) atoms.